The van der Waals surface area contributed by atoms with Gasteiger partial charge in [0.1, 0.15) is 6.04 Å². The normalized spacial score (nSPS) is 14.2. The van der Waals surface area contributed by atoms with Crippen LogP contribution in [0.5, 0.6) is 0 Å². The van der Waals surface area contributed by atoms with Crippen molar-refractivity contribution in [2.45, 2.75) is 44.0 Å². The highest BCUT2D eigenvalue weighted by molar-refractivity contribution is 6.63. The predicted octanol–water partition coefficient (Wildman–Crippen LogP) is -2.09. The van der Waals surface area contributed by atoms with Gasteiger partial charge in [-0.1, -0.05) is 0 Å². The summed E-state index contributed by atoms with van der Waals surface area (Å²) in [6, 6.07) is -0.498. The fourth-order valence-corrected chi connectivity index (χ4v) is 2.70. The Morgan fingerprint density at radius 1 is 1.33 bits per heavy atom. The first-order valence-electron chi connectivity index (χ1n) is 7.84. The number of aliphatic imine (C=N–C) groups is 1. The van der Waals surface area contributed by atoms with Gasteiger partial charge < -0.3 is 41.3 Å². The van der Waals surface area contributed by atoms with E-state index in [0.717, 1.165) is 0 Å². The van der Waals surface area contributed by atoms with Gasteiger partial charge in [-0.3, -0.25) is 9.79 Å². The molecule has 9 N–H and O–H groups in total. The molecule has 0 aliphatic carbocycles. The Kier molecular flexibility index (Phi) is 11.5. The van der Waals surface area contributed by atoms with Crippen LogP contribution in [-0.2, 0) is 9.53 Å². The predicted molar refractivity (Wildman–Crippen MR) is 91.6 cm³/mol. The number of nitrogens with zero attached hydrogens (tertiary/aromatic N) is 1. The van der Waals surface area contributed by atoms with Gasteiger partial charge >= 0.3 is 14.5 Å². The molecule has 0 aromatic carbocycles. The molecule has 142 valence electrons. The summed E-state index contributed by atoms with van der Waals surface area (Å²) in [5.74, 6) is -1.05. The molecular weight excluding hydrogens is 336 g/mol. The highest BCUT2D eigenvalue weighted by Gasteiger charge is 2.20. The van der Waals surface area contributed by atoms with E-state index in [-0.39, 0.29) is 19.1 Å². The van der Waals surface area contributed by atoms with Crippen molar-refractivity contribution in [1.29, 1.82) is 0 Å². The summed E-state index contributed by atoms with van der Waals surface area (Å²) in [5, 5.41) is 21.6. The molecule has 0 saturated heterocycles. The van der Waals surface area contributed by atoms with Crippen LogP contribution < -0.4 is 16.8 Å². The second-order valence-electron chi connectivity index (χ2n) is 5.80. The standard InChI is InChI=1S/C13H30N4O6Si/c1-24(21,22)7-3-6-23-9-10(18)8-17-11(12(19)20)4-2-5-16-13(14)15/h10-11,17-18,21-22H,2-9H2,1H3,(H,19,20)(H4,14,15,16)/t10?,11-/m0/s1. The van der Waals surface area contributed by atoms with Crippen LogP contribution in [-0.4, -0.2) is 78.7 Å². The molecule has 10 nitrogen and oxygen atoms in total. The van der Waals surface area contributed by atoms with Crippen LogP contribution in [0.4, 0.5) is 0 Å². The molecule has 0 amide bonds. The zero-order valence-corrected chi connectivity index (χ0v) is 15.0. The first-order chi connectivity index (χ1) is 11.1. The molecule has 0 rings (SSSR count). The molecule has 0 aromatic heterocycles. The summed E-state index contributed by atoms with van der Waals surface area (Å²) in [7, 11) is -3.05. The molecule has 11 heteroatoms. The van der Waals surface area contributed by atoms with Crippen LogP contribution >= 0.6 is 0 Å². The Morgan fingerprint density at radius 3 is 2.54 bits per heavy atom. The summed E-state index contributed by atoms with van der Waals surface area (Å²) in [6.45, 7) is 2.19. The van der Waals surface area contributed by atoms with Crippen LogP contribution in [0.15, 0.2) is 4.99 Å². The largest absolute Gasteiger partial charge is 0.480 e. The number of aliphatic carboxylic acids is 1. The summed E-state index contributed by atoms with van der Waals surface area (Å²) < 4.78 is 5.23. The molecule has 0 heterocycles. The number of nitrogens with two attached hydrogens (primary N) is 2. The van der Waals surface area contributed by atoms with Crippen LogP contribution in [0.3, 0.4) is 0 Å². The van der Waals surface area contributed by atoms with Crippen LogP contribution in [0.1, 0.15) is 19.3 Å². The molecule has 1 unspecified atom stereocenters. The minimum atomic E-state index is -3.05. The van der Waals surface area contributed by atoms with E-state index in [4.69, 9.17) is 21.3 Å². The molecule has 0 aliphatic heterocycles. The maximum absolute atomic E-state index is 11.1. The number of hydrogen-bond donors (Lipinski definition) is 7. The van der Waals surface area contributed by atoms with Gasteiger partial charge in [0, 0.05) is 19.7 Å². The van der Waals surface area contributed by atoms with Gasteiger partial charge in [0.05, 0.1) is 12.7 Å². The van der Waals surface area contributed by atoms with E-state index in [0.29, 0.717) is 38.5 Å². The van der Waals surface area contributed by atoms with Crippen molar-refractivity contribution in [2.24, 2.45) is 16.5 Å². The SMILES string of the molecule is C[Si](O)(O)CCCOCC(O)CN[C@@H](CCCN=C(N)N)C(=O)O. The fourth-order valence-electron chi connectivity index (χ4n) is 1.88. The second kappa shape index (κ2) is 12.2. The number of hydrogen-bond acceptors (Lipinski definition) is 7. The molecule has 24 heavy (non-hydrogen) atoms. The van der Waals surface area contributed by atoms with E-state index in [9.17, 15) is 19.5 Å². The van der Waals surface area contributed by atoms with E-state index in [1.54, 1.807) is 0 Å². The number of nitrogens with one attached hydrogen (secondary N) is 1. The van der Waals surface area contributed by atoms with Gasteiger partial charge in [0.2, 0.25) is 0 Å². The zero-order chi connectivity index (χ0) is 18.6. The number of aliphatic hydroxyl groups is 1. The third-order valence-corrected chi connectivity index (χ3v) is 4.39. The van der Waals surface area contributed by atoms with Gasteiger partial charge in [-0.2, -0.15) is 0 Å². The molecule has 0 radical (unpaired) electrons. The maximum atomic E-state index is 11.1. The fraction of sp³-hybridized carbons (Fsp3) is 0.846. The third-order valence-electron chi connectivity index (χ3n) is 3.09. The number of guanidine groups is 1. The van der Waals surface area contributed by atoms with Gasteiger partial charge in [-0.05, 0) is 31.9 Å². The average Bonchev–Trinajstić information content (AvgIpc) is 2.44. The Bertz CT molecular complexity index is 387. The molecule has 0 aromatic rings. The number of carboxylic acids is 1. The summed E-state index contributed by atoms with van der Waals surface area (Å²) in [4.78, 5) is 33.4. The lowest BCUT2D eigenvalue weighted by atomic mass is 10.1. The quantitative estimate of drug-likeness (QED) is 0.0783. The first-order valence-corrected chi connectivity index (χ1v) is 10.4. The van der Waals surface area contributed by atoms with Crippen molar-refractivity contribution < 1.29 is 29.3 Å². The van der Waals surface area contributed by atoms with E-state index in [1.165, 1.54) is 6.55 Å². The van der Waals surface area contributed by atoms with Crippen LogP contribution in [0, 0.1) is 0 Å². The lowest BCUT2D eigenvalue weighted by Gasteiger charge is -2.17. The van der Waals surface area contributed by atoms with E-state index >= 15 is 0 Å². The lowest BCUT2D eigenvalue weighted by molar-refractivity contribution is -0.139. The molecule has 0 saturated carbocycles. The molecule has 0 spiro atoms. The summed E-state index contributed by atoms with van der Waals surface area (Å²) in [5.41, 5.74) is 10.4. The van der Waals surface area contributed by atoms with Crippen molar-refractivity contribution in [3.8, 4) is 0 Å². The van der Waals surface area contributed by atoms with Gasteiger partial charge in [0.25, 0.3) is 0 Å². The molecular formula is C13H30N4O6Si. The number of ether oxygens (including phenoxy) is 1. The Hall–Kier alpha value is -1.24. The Morgan fingerprint density at radius 2 is 2.00 bits per heavy atom. The first kappa shape index (κ1) is 22.8. The van der Waals surface area contributed by atoms with Crippen molar-refractivity contribution in [2.75, 3.05) is 26.3 Å². The number of carboxylic acid groups (broad SMARTS) is 1. The Balaban J connectivity index is 3.87. The highest BCUT2D eigenvalue weighted by Crippen LogP contribution is 2.04. The maximum Gasteiger partial charge on any atom is 0.329 e. The Labute approximate surface area is 142 Å². The average molecular weight is 366 g/mol. The van der Waals surface area contributed by atoms with Gasteiger partial charge in [-0.25, -0.2) is 0 Å². The number of rotatable bonds is 14. The zero-order valence-electron chi connectivity index (χ0n) is 14.0. The second-order valence-corrected chi connectivity index (χ2v) is 8.73. The van der Waals surface area contributed by atoms with E-state index in [2.05, 4.69) is 10.3 Å². The summed E-state index contributed by atoms with van der Waals surface area (Å²) >= 11 is 0. The van der Waals surface area contributed by atoms with Gasteiger partial charge in [0.15, 0.2) is 5.96 Å². The monoisotopic (exact) mass is 366 g/mol. The van der Waals surface area contributed by atoms with E-state index < -0.39 is 26.7 Å². The number of carbonyl (C=O) groups is 1. The van der Waals surface area contributed by atoms with E-state index in [1.807, 2.05) is 0 Å². The minimum absolute atomic E-state index is 0.0345. The number of aliphatic hydroxyl groups excluding tert-OH is 1. The third kappa shape index (κ3) is 14.4. The smallest absolute Gasteiger partial charge is 0.329 e. The van der Waals surface area contributed by atoms with Crippen LogP contribution in [0.25, 0.3) is 0 Å². The van der Waals surface area contributed by atoms with Gasteiger partial charge in [-0.15, -0.1) is 0 Å². The minimum Gasteiger partial charge on any atom is -0.480 e. The lowest BCUT2D eigenvalue weighted by Crippen LogP contribution is -2.42. The van der Waals surface area contributed by atoms with Crippen LogP contribution in [0.2, 0.25) is 12.6 Å². The summed E-state index contributed by atoms with van der Waals surface area (Å²) in [6.07, 6.45) is 0.477. The van der Waals surface area contributed by atoms with Crippen molar-refractivity contribution >= 4 is 20.5 Å². The molecule has 0 fully saturated rings. The topological polar surface area (TPSA) is 184 Å². The highest BCUT2D eigenvalue weighted by atomic mass is 28.4. The molecule has 2 atom stereocenters. The molecule has 0 bridgehead atoms. The van der Waals surface area contributed by atoms with Crippen molar-refractivity contribution in [1.82, 2.24) is 5.32 Å². The van der Waals surface area contributed by atoms with Crippen molar-refractivity contribution in [3.05, 3.63) is 0 Å². The van der Waals surface area contributed by atoms with Crippen molar-refractivity contribution in [3.63, 3.8) is 0 Å². The molecule has 0 aliphatic rings.